The molecule has 0 amide bonds. The molecule has 21 heavy (non-hydrogen) atoms. The molecule has 116 valence electrons. The zero-order chi connectivity index (χ0) is 15.3. The predicted octanol–water partition coefficient (Wildman–Crippen LogP) is 3.10. The van der Waals surface area contributed by atoms with E-state index < -0.39 is 10.0 Å². The first-order chi connectivity index (χ1) is 10.0. The van der Waals surface area contributed by atoms with Gasteiger partial charge >= 0.3 is 0 Å². The maximum absolute atomic E-state index is 12.2. The molecule has 0 fully saturated rings. The van der Waals surface area contributed by atoms with Gasteiger partial charge in [-0.15, -0.1) is 22.7 Å². The molecule has 0 aliphatic carbocycles. The highest BCUT2D eigenvalue weighted by Crippen LogP contribution is 2.22. The Hall–Kier alpha value is -0.730. The van der Waals surface area contributed by atoms with Gasteiger partial charge in [-0.05, 0) is 44.2 Å². The van der Waals surface area contributed by atoms with E-state index in [1.54, 1.807) is 17.4 Å². The topological polar surface area (TPSA) is 58.2 Å². The molecule has 0 aromatic carbocycles. The minimum atomic E-state index is -3.41. The van der Waals surface area contributed by atoms with Crippen molar-refractivity contribution in [3.05, 3.63) is 38.9 Å². The minimum Gasteiger partial charge on any atom is -0.312 e. The standard InChI is InChI=1S/C14H20N2O2S3/c1-3-8-15-9-12-6-7-14(20-12)21(17,18)16-10-13-5-4-11(2)19-13/h4-7,15-16H,3,8-10H2,1-2H3. The summed E-state index contributed by atoms with van der Waals surface area (Å²) in [6.45, 7) is 6.13. The third-order valence-electron chi connectivity index (χ3n) is 2.86. The highest BCUT2D eigenvalue weighted by molar-refractivity contribution is 7.91. The lowest BCUT2D eigenvalue weighted by Crippen LogP contribution is -2.21. The van der Waals surface area contributed by atoms with Crippen LogP contribution in [0.5, 0.6) is 0 Å². The smallest absolute Gasteiger partial charge is 0.250 e. The molecule has 2 aromatic heterocycles. The summed E-state index contributed by atoms with van der Waals surface area (Å²) in [5, 5.41) is 3.27. The summed E-state index contributed by atoms with van der Waals surface area (Å²) in [4.78, 5) is 3.25. The molecule has 0 aliphatic rings. The summed E-state index contributed by atoms with van der Waals surface area (Å²) < 4.78 is 27.5. The van der Waals surface area contributed by atoms with Crippen molar-refractivity contribution >= 4 is 32.7 Å². The van der Waals surface area contributed by atoms with E-state index in [0.717, 1.165) is 29.3 Å². The Kier molecular flexibility index (Phi) is 5.95. The molecular formula is C14H20N2O2S3. The fourth-order valence-corrected chi connectivity index (χ4v) is 5.10. The number of hydrogen-bond donors (Lipinski definition) is 2. The first-order valence-electron chi connectivity index (χ1n) is 6.85. The number of rotatable bonds is 8. The molecule has 2 aromatic rings. The highest BCUT2D eigenvalue weighted by Gasteiger charge is 2.16. The van der Waals surface area contributed by atoms with Crippen LogP contribution in [0.25, 0.3) is 0 Å². The largest absolute Gasteiger partial charge is 0.312 e. The summed E-state index contributed by atoms with van der Waals surface area (Å²) in [7, 11) is -3.41. The zero-order valence-electron chi connectivity index (χ0n) is 12.2. The first-order valence-corrected chi connectivity index (χ1v) is 9.97. The van der Waals surface area contributed by atoms with E-state index in [1.807, 2.05) is 25.1 Å². The number of sulfonamides is 1. The van der Waals surface area contributed by atoms with Gasteiger partial charge < -0.3 is 5.32 Å². The fourth-order valence-electron chi connectivity index (χ4n) is 1.80. The number of nitrogens with one attached hydrogen (secondary N) is 2. The third kappa shape index (κ3) is 4.89. The van der Waals surface area contributed by atoms with Gasteiger partial charge in [-0.2, -0.15) is 0 Å². The fraction of sp³-hybridized carbons (Fsp3) is 0.429. The monoisotopic (exact) mass is 344 g/mol. The van der Waals surface area contributed by atoms with Crippen molar-refractivity contribution in [2.24, 2.45) is 0 Å². The summed E-state index contributed by atoms with van der Waals surface area (Å²) in [6.07, 6.45) is 1.07. The second-order valence-corrected chi connectivity index (χ2v) is 9.27. The maximum atomic E-state index is 12.2. The Bertz CT molecular complexity index is 674. The van der Waals surface area contributed by atoms with Gasteiger partial charge in [-0.25, -0.2) is 13.1 Å². The Morgan fingerprint density at radius 3 is 2.43 bits per heavy atom. The maximum Gasteiger partial charge on any atom is 0.250 e. The number of aryl methyl sites for hydroxylation is 1. The van der Waals surface area contributed by atoms with Crippen LogP contribution in [0.3, 0.4) is 0 Å². The van der Waals surface area contributed by atoms with Crippen molar-refractivity contribution in [1.82, 2.24) is 10.0 Å². The molecule has 0 unspecified atom stereocenters. The Labute approximate surface area is 134 Å². The van der Waals surface area contributed by atoms with Crippen molar-refractivity contribution in [2.45, 2.75) is 37.6 Å². The van der Waals surface area contributed by atoms with Crippen molar-refractivity contribution in [1.29, 1.82) is 0 Å². The van der Waals surface area contributed by atoms with Gasteiger partial charge in [0.05, 0.1) is 0 Å². The average Bonchev–Trinajstić information content (AvgIpc) is 3.06. The van der Waals surface area contributed by atoms with Crippen LogP contribution in [0.15, 0.2) is 28.5 Å². The van der Waals surface area contributed by atoms with E-state index in [2.05, 4.69) is 17.0 Å². The summed E-state index contributed by atoms with van der Waals surface area (Å²) in [5.41, 5.74) is 0. The molecule has 7 heteroatoms. The highest BCUT2D eigenvalue weighted by atomic mass is 32.2. The van der Waals surface area contributed by atoms with Gasteiger partial charge in [0.15, 0.2) is 0 Å². The number of thiophene rings is 2. The van der Waals surface area contributed by atoms with E-state index in [9.17, 15) is 8.42 Å². The lowest BCUT2D eigenvalue weighted by atomic mass is 10.4. The minimum absolute atomic E-state index is 0.349. The van der Waals surface area contributed by atoms with E-state index in [1.165, 1.54) is 16.2 Å². The lowest BCUT2D eigenvalue weighted by molar-refractivity contribution is 0.584. The second-order valence-electron chi connectivity index (χ2n) is 4.73. The summed E-state index contributed by atoms with van der Waals surface area (Å²) >= 11 is 2.93. The van der Waals surface area contributed by atoms with Crippen molar-refractivity contribution in [2.75, 3.05) is 6.54 Å². The van der Waals surface area contributed by atoms with Gasteiger partial charge in [0, 0.05) is 27.7 Å². The van der Waals surface area contributed by atoms with Crippen LogP contribution < -0.4 is 10.0 Å². The molecule has 0 bridgehead atoms. The molecule has 0 spiro atoms. The van der Waals surface area contributed by atoms with E-state index in [-0.39, 0.29) is 0 Å². The van der Waals surface area contributed by atoms with E-state index >= 15 is 0 Å². The van der Waals surface area contributed by atoms with Gasteiger partial charge in [-0.3, -0.25) is 0 Å². The average molecular weight is 345 g/mol. The van der Waals surface area contributed by atoms with Gasteiger partial charge in [0.1, 0.15) is 4.21 Å². The molecule has 0 saturated carbocycles. The molecule has 0 saturated heterocycles. The van der Waals surface area contributed by atoms with Crippen molar-refractivity contribution in [3.8, 4) is 0 Å². The molecular weight excluding hydrogens is 324 g/mol. The second kappa shape index (κ2) is 7.51. The van der Waals surface area contributed by atoms with Crippen molar-refractivity contribution < 1.29 is 8.42 Å². The van der Waals surface area contributed by atoms with Crippen LogP contribution in [-0.2, 0) is 23.1 Å². The molecule has 2 rings (SSSR count). The van der Waals surface area contributed by atoms with Gasteiger partial charge in [0.25, 0.3) is 0 Å². The van der Waals surface area contributed by atoms with Crippen molar-refractivity contribution in [3.63, 3.8) is 0 Å². The summed E-state index contributed by atoms with van der Waals surface area (Å²) in [5.74, 6) is 0. The predicted molar refractivity (Wildman–Crippen MR) is 89.4 cm³/mol. The lowest BCUT2D eigenvalue weighted by Gasteiger charge is -2.03. The first kappa shape index (κ1) is 16.6. The summed E-state index contributed by atoms with van der Waals surface area (Å²) in [6, 6.07) is 7.50. The molecule has 0 aliphatic heterocycles. The Balaban J connectivity index is 1.95. The normalized spacial score (nSPS) is 11.9. The van der Waals surface area contributed by atoms with E-state index in [4.69, 9.17) is 0 Å². The van der Waals surface area contributed by atoms with Gasteiger partial charge in [0.2, 0.25) is 10.0 Å². The number of hydrogen-bond acceptors (Lipinski definition) is 5. The Morgan fingerprint density at radius 2 is 1.76 bits per heavy atom. The van der Waals surface area contributed by atoms with E-state index in [0.29, 0.717) is 10.8 Å². The zero-order valence-corrected chi connectivity index (χ0v) is 14.6. The molecule has 4 nitrogen and oxygen atoms in total. The van der Waals surface area contributed by atoms with Crippen LogP contribution in [0, 0.1) is 6.92 Å². The molecule has 0 radical (unpaired) electrons. The van der Waals surface area contributed by atoms with Crippen LogP contribution >= 0.6 is 22.7 Å². The third-order valence-corrected chi connectivity index (χ3v) is 6.84. The van der Waals surface area contributed by atoms with Gasteiger partial charge in [-0.1, -0.05) is 6.92 Å². The van der Waals surface area contributed by atoms with Crippen LogP contribution in [0.4, 0.5) is 0 Å². The molecule has 2 N–H and O–H groups in total. The molecule has 0 atom stereocenters. The Morgan fingerprint density at radius 1 is 1.05 bits per heavy atom. The van der Waals surface area contributed by atoms with Crippen LogP contribution in [-0.4, -0.2) is 15.0 Å². The quantitative estimate of drug-likeness (QED) is 0.724. The SMILES string of the molecule is CCCNCc1ccc(S(=O)(=O)NCc2ccc(C)s2)s1. The van der Waals surface area contributed by atoms with Crippen LogP contribution in [0.1, 0.15) is 28.0 Å². The van der Waals surface area contributed by atoms with Crippen LogP contribution in [0.2, 0.25) is 0 Å². The molecule has 2 heterocycles.